The highest BCUT2D eigenvalue weighted by molar-refractivity contribution is 6.03. The van der Waals surface area contributed by atoms with Crippen LogP contribution in [0.2, 0.25) is 0 Å². The summed E-state index contributed by atoms with van der Waals surface area (Å²) in [5.41, 5.74) is 3.02. The fourth-order valence-electron chi connectivity index (χ4n) is 3.20. The van der Waals surface area contributed by atoms with Crippen LogP contribution in [0.15, 0.2) is 32.9 Å². The van der Waals surface area contributed by atoms with E-state index in [1.54, 1.807) is 20.3 Å². The Morgan fingerprint density at radius 2 is 2.00 bits per heavy atom. The van der Waals surface area contributed by atoms with Crippen LogP contribution in [0.5, 0.6) is 17.4 Å². The van der Waals surface area contributed by atoms with Crippen LogP contribution in [0.3, 0.4) is 0 Å². The average molecular weight is 388 g/mol. The molecule has 150 valence electrons. The number of H-pyrrole nitrogens is 1. The van der Waals surface area contributed by atoms with Gasteiger partial charge in [0, 0.05) is 13.0 Å². The maximum atomic E-state index is 12.3. The van der Waals surface area contributed by atoms with E-state index in [4.69, 9.17) is 9.47 Å². The van der Waals surface area contributed by atoms with Crippen molar-refractivity contribution in [3.8, 4) is 17.4 Å². The minimum Gasteiger partial charge on any atom is -0.494 e. The summed E-state index contributed by atoms with van der Waals surface area (Å²) in [6.07, 6.45) is 1.93. The molecule has 0 fully saturated rings. The molecule has 0 saturated heterocycles. The van der Waals surface area contributed by atoms with Crippen molar-refractivity contribution >= 4 is 5.71 Å². The first kappa shape index (κ1) is 19.5. The van der Waals surface area contributed by atoms with Crippen molar-refractivity contribution in [3.05, 3.63) is 50.2 Å². The molecule has 0 amide bonds. The molecular weight excluding hydrogens is 364 g/mol. The van der Waals surface area contributed by atoms with Gasteiger partial charge in [0.2, 0.25) is 5.88 Å². The molecule has 9 nitrogen and oxygen atoms in total. The molecule has 3 rings (SSSR count). The van der Waals surface area contributed by atoms with E-state index >= 15 is 0 Å². The monoisotopic (exact) mass is 388 g/mol. The van der Waals surface area contributed by atoms with E-state index in [1.165, 1.54) is 4.57 Å². The lowest BCUT2D eigenvalue weighted by molar-refractivity contribution is 0.354. The van der Waals surface area contributed by atoms with Gasteiger partial charge in [-0.25, -0.2) is 4.79 Å². The summed E-state index contributed by atoms with van der Waals surface area (Å²) in [4.78, 5) is 26.6. The van der Waals surface area contributed by atoms with Crippen LogP contribution in [-0.4, -0.2) is 34.6 Å². The van der Waals surface area contributed by atoms with Crippen LogP contribution in [0.4, 0.5) is 0 Å². The van der Waals surface area contributed by atoms with Crippen molar-refractivity contribution in [3.63, 3.8) is 0 Å². The van der Waals surface area contributed by atoms with E-state index in [-0.39, 0.29) is 17.5 Å². The van der Waals surface area contributed by atoms with Gasteiger partial charge in [-0.05, 0) is 24.1 Å². The first-order valence-electron chi connectivity index (χ1n) is 9.10. The van der Waals surface area contributed by atoms with E-state index in [0.29, 0.717) is 36.6 Å². The van der Waals surface area contributed by atoms with E-state index < -0.39 is 11.2 Å². The quantitative estimate of drug-likeness (QED) is 0.662. The van der Waals surface area contributed by atoms with Crippen molar-refractivity contribution in [2.45, 2.75) is 38.8 Å². The number of hydrogen-bond donors (Lipinski definition) is 3. The number of aromatic nitrogens is 2. The van der Waals surface area contributed by atoms with E-state index in [1.807, 2.05) is 19.1 Å². The van der Waals surface area contributed by atoms with Crippen LogP contribution in [0.25, 0.3) is 0 Å². The third kappa shape index (κ3) is 3.60. The van der Waals surface area contributed by atoms with Gasteiger partial charge in [0.15, 0.2) is 11.5 Å². The van der Waals surface area contributed by atoms with Gasteiger partial charge < -0.3 is 20.0 Å². The topological polar surface area (TPSA) is 118 Å². The normalized spacial score (nSPS) is 15.8. The van der Waals surface area contributed by atoms with Gasteiger partial charge in [0.25, 0.3) is 5.56 Å². The molecule has 1 aliphatic heterocycles. The Morgan fingerprint density at radius 1 is 1.25 bits per heavy atom. The zero-order chi connectivity index (χ0) is 20.3. The van der Waals surface area contributed by atoms with Crippen LogP contribution >= 0.6 is 0 Å². The van der Waals surface area contributed by atoms with Gasteiger partial charge >= 0.3 is 5.69 Å². The Bertz CT molecular complexity index is 1010. The SMILES string of the molecule is CCCCn1c(O)c(C2=NNC(c3ccc(OC)c(OC)c3)C2)c(=O)[nH]c1=O. The van der Waals surface area contributed by atoms with Crippen molar-refractivity contribution in [1.82, 2.24) is 15.0 Å². The molecule has 0 bridgehead atoms. The Labute approximate surface area is 161 Å². The predicted octanol–water partition coefficient (Wildman–Crippen LogP) is 1.50. The Kier molecular flexibility index (Phi) is 5.72. The number of hydrogen-bond acceptors (Lipinski definition) is 7. The summed E-state index contributed by atoms with van der Waals surface area (Å²) < 4.78 is 11.7. The first-order chi connectivity index (χ1) is 13.5. The fourth-order valence-corrected chi connectivity index (χ4v) is 3.20. The molecule has 1 aromatic heterocycles. The number of unbranched alkanes of at least 4 members (excludes halogenated alkanes) is 1. The minimum absolute atomic E-state index is 0.0196. The molecule has 0 spiro atoms. The summed E-state index contributed by atoms with van der Waals surface area (Å²) in [6.45, 7) is 2.30. The number of methoxy groups -OCH3 is 2. The second-order valence-corrected chi connectivity index (χ2v) is 6.52. The van der Waals surface area contributed by atoms with Crippen LogP contribution in [-0.2, 0) is 6.54 Å². The molecule has 28 heavy (non-hydrogen) atoms. The molecule has 0 saturated carbocycles. The first-order valence-corrected chi connectivity index (χ1v) is 9.10. The molecule has 1 aromatic carbocycles. The summed E-state index contributed by atoms with van der Waals surface area (Å²) in [5, 5.41) is 14.8. The third-order valence-electron chi connectivity index (χ3n) is 4.76. The molecular formula is C19H24N4O5. The Morgan fingerprint density at radius 3 is 2.68 bits per heavy atom. The Balaban J connectivity index is 1.90. The van der Waals surface area contributed by atoms with E-state index in [2.05, 4.69) is 15.5 Å². The van der Waals surface area contributed by atoms with Crippen molar-refractivity contribution < 1.29 is 14.6 Å². The molecule has 2 aromatic rings. The number of nitrogens with one attached hydrogen (secondary N) is 2. The number of aromatic amines is 1. The number of aromatic hydroxyl groups is 1. The number of hydrazone groups is 1. The van der Waals surface area contributed by atoms with Crippen molar-refractivity contribution in [1.29, 1.82) is 0 Å². The Hall–Kier alpha value is -3.23. The molecule has 1 atom stereocenters. The summed E-state index contributed by atoms with van der Waals surface area (Å²) >= 11 is 0. The number of rotatable bonds is 7. The maximum absolute atomic E-state index is 12.3. The second-order valence-electron chi connectivity index (χ2n) is 6.52. The lowest BCUT2D eigenvalue weighted by Crippen LogP contribution is -2.33. The lowest BCUT2D eigenvalue weighted by atomic mass is 9.99. The van der Waals surface area contributed by atoms with E-state index in [9.17, 15) is 14.7 Å². The van der Waals surface area contributed by atoms with Crippen molar-refractivity contribution in [2.75, 3.05) is 14.2 Å². The molecule has 1 aliphatic rings. The van der Waals surface area contributed by atoms with Crippen LogP contribution in [0, 0.1) is 0 Å². The van der Waals surface area contributed by atoms with Crippen molar-refractivity contribution in [2.24, 2.45) is 5.10 Å². The lowest BCUT2D eigenvalue weighted by Gasteiger charge is -2.14. The minimum atomic E-state index is -0.649. The molecule has 1 unspecified atom stereocenters. The highest BCUT2D eigenvalue weighted by atomic mass is 16.5. The number of ether oxygens (including phenoxy) is 2. The highest BCUT2D eigenvalue weighted by Gasteiger charge is 2.27. The fraction of sp³-hybridized carbons (Fsp3) is 0.421. The zero-order valence-corrected chi connectivity index (χ0v) is 16.1. The van der Waals surface area contributed by atoms with Gasteiger partial charge in [-0.2, -0.15) is 5.10 Å². The molecule has 0 aliphatic carbocycles. The molecule has 3 N–H and O–H groups in total. The third-order valence-corrected chi connectivity index (χ3v) is 4.76. The van der Waals surface area contributed by atoms with Gasteiger partial charge in [0.1, 0.15) is 5.56 Å². The van der Waals surface area contributed by atoms with Gasteiger partial charge in [-0.1, -0.05) is 19.4 Å². The predicted molar refractivity (Wildman–Crippen MR) is 104 cm³/mol. The van der Waals surface area contributed by atoms with E-state index in [0.717, 1.165) is 12.0 Å². The number of nitrogens with zero attached hydrogens (tertiary/aromatic N) is 2. The average Bonchev–Trinajstić information content (AvgIpc) is 3.16. The smallest absolute Gasteiger partial charge is 0.331 e. The zero-order valence-electron chi connectivity index (χ0n) is 16.1. The molecule has 0 radical (unpaired) electrons. The maximum Gasteiger partial charge on any atom is 0.331 e. The summed E-state index contributed by atoms with van der Waals surface area (Å²) in [7, 11) is 3.12. The standard InChI is InChI=1S/C19H24N4O5/c1-4-5-8-23-18(25)16(17(24)20-19(23)26)13-10-12(21-22-13)11-6-7-14(27-2)15(9-11)28-3/h6-7,9,12,21,25H,4-5,8,10H2,1-3H3,(H,20,24,26). The van der Waals surface area contributed by atoms with Gasteiger partial charge in [-0.3, -0.25) is 14.3 Å². The molecule has 9 heteroatoms. The summed E-state index contributed by atoms with van der Waals surface area (Å²) in [6, 6.07) is 5.30. The highest BCUT2D eigenvalue weighted by Crippen LogP contribution is 2.33. The van der Waals surface area contributed by atoms with Gasteiger partial charge in [-0.15, -0.1) is 0 Å². The van der Waals surface area contributed by atoms with Gasteiger partial charge in [0.05, 0.1) is 26.0 Å². The van der Waals surface area contributed by atoms with Crippen LogP contribution < -0.4 is 26.1 Å². The molecule has 2 heterocycles. The summed E-state index contributed by atoms with van der Waals surface area (Å²) in [5.74, 6) is 0.849. The second kappa shape index (κ2) is 8.20. The largest absolute Gasteiger partial charge is 0.494 e. The van der Waals surface area contributed by atoms with Crippen LogP contribution in [0.1, 0.15) is 43.4 Å². The number of benzene rings is 1.